The highest BCUT2D eigenvalue weighted by Crippen LogP contribution is 2.47. The molecular weight excluding hydrogens is 718 g/mol. The van der Waals surface area contributed by atoms with Gasteiger partial charge in [-0.2, -0.15) is 28.4 Å². The summed E-state index contributed by atoms with van der Waals surface area (Å²) in [5, 5.41) is 11.8. The number of nitrogens with two attached hydrogens (primary N) is 1. The second-order valence-corrected chi connectivity index (χ2v) is 14.5. The average molecular weight is 762 g/mol. The third-order valence-corrected chi connectivity index (χ3v) is 10.7. The summed E-state index contributed by atoms with van der Waals surface area (Å²) in [5.74, 6) is -1.66. The first-order valence-corrected chi connectivity index (χ1v) is 18.4. The molecule has 0 saturated carbocycles. The van der Waals surface area contributed by atoms with Gasteiger partial charge in [-0.1, -0.05) is 19.9 Å². The van der Waals surface area contributed by atoms with Crippen molar-refractivity contribution in [3.05, 3.63) is 41.0 Å². The summed E-state index contributed by atoms with van der Waals surface area (Å²) in [4.78, 5) is 23.7. The summed E-state index contributed by atoms with van der Waals surface area (Å²) in [6.45, 7) is 10.4. The van der Waals surface area contributed by atoms with Gasteiger partial charge in [-0.3, -0.25) is 9.69 Å². The van der Waals surface area contributed by atoms with Crippen LogP contribution in [0.15, 0.2) is 18.2 Å². The molecule has 2 unspecified atom stereocenters. The first kappa shape index (κ1) is 39.9. The maximum atomic E-state index is 15.9. The van der Waals surface area contributed by atoms with Crippen molar-refractivity contribution in [2.75, 3.05) is 58.0 Å². The number of nitrogens with one attached hydrogen (secondary N) is 1. The second kappa shape index (κ2) is 16.8. The highest BCUT2D eigenvalue weighted by atomic mass is 32.1. The van der Waals surface area contributed by atoms with Crippen LogP contribution in [-0.2, 0) is 15.7 Å². The van der Waals surface area contributed by atoms with Gasteiger partial charge in [-0.05, 0) is 63.3 Å². The van der Waals surface area contributed by atoms with Gasteiger partial charge in [0.2, 0.25) is 5.91 Å². The van der Waals surface area contributed by atoms with Gasteiger partial charge in [0.1, 0.15) is 28.2 Å². The molecule has 3 aliphatic heterocycles. The predicted octanol–water partition coefficient (Wildman–Crippen LogP) is 7.84. The van der Waals surface area contributed by atoms with Crippen molar-refractivity contribution in [2.24, 2.45) is 5.92 Å². The van der Waals surface area contributed by atoms with E-state index in [-0.39, 0.29) is 55.9 Å². The monoisotopic (exact) mass is 761 g/mol. The predicted molar refractivity (Wildman–Crippen MR) is 196 cm³/mol. The Labute approximate surface area is 309 Å². The Hall–Kier alpha value is -4.33. The Bertz CT molecular complexity index is 1980. The number of benzene rings is 2. The lowest BCUT2D eigenvalue weighted by Crippen LogP contribution is -2.31. The normalized spacial score (nSPS) is 18.4. The fourth-order valence-electron chi connectivity index (χ4n) is 7.11. The number of hydrogen-bond donors (Lipinski definition) is 2. The molecule has 3 fully saturated rings. The van der Waals surface area contributed by atoms with E-state index in [0.717, 1.165) is 37.3 Å². The van der Waals surface area contributed by atoms with Crippen molar-refractivity contribution < 1.29 is 36.2 Å². The van der Waals surface area contributed by atoms with Crippen LogP contribution in [0.25, 0.3) is 32.1 Å². The van der Waals surface area contributed by atoms with E-state index in [0.29, 0.717) is 23.3 Å². The quantitative estimate of drug-likeness (QED) is 0.189. The van der Waals surface area contributed by atoms with Gasteiger partial charge in [0.05, 0.1) is 29.0 Å². The smallest absolute Gasteiger partial charge is 0.417 e. The number of nitriles is 1. The summed E-state index contributed by atoms with van der Waals surface area (Å²) in [6, 6.07) is 5.00. The number of methoxy groups -OCH3 is 2. The number of alkyl halides is 3. The second-order valence-electron chi connectivity index (χ2n) is 13.4. The number of anilines is 2. The number of carbonyl (C=O) groups excluding carboxylic acids is 1. The van der Waals surface area contributed by atoms with Crippen molar-refractivity contribution in [3.63, 3.8) is 0 Å². The zero-order valence-electron chi connectivity index (χ0n) is 30.4. The van der Waals surface area contributed by atoms with Crippen molar-refractivity contribution in [1.29, 1.82) is 5.26 Å². The number of hydrogen-bond acceptors (Lipinski definition) is 10. The topological polar surface area (TPSA) is 130 Å². The number of rotatable bonds is 6. The summed E-state index contributed by atoms with van der Waals surface area (Å²) < 4.78 is 82.9. The molecule has 0 bridgehead atoms. The molecule has 0 aliphatic carbocycles. The van der Waals surface area contributed by atoms with Gasteiger partial charge < -0.3 is 25.4 Å². The molecule has 16 heteroatoms. The maximum absolute atomic E-state index is 15.9. The Morgan fingerprint density at radius 1 is 1.15 bits per heavy atom. The van der Waals surface area contributed by atoms with Crippen molar-refractivity contribution >= 4 is 49.1 Å². The van der Waals surface area contributed by atoms with Gasteiger partial charge in [0.15, 0.2) is 5.82 Å². The Morgan fingerprint density at radius 2 is 1.87 bits per heavy atom. The molecule has 2 aromatic heterocycles. The highest BCUT2D eigenvalue weighted by Gasteiger charge is 2.38. The van der Waals surface area contributed by atoms with Gasteiger partial charge in [-0.25, -0.2) is 8.78 Å². The number of nitrogens with zero attached hydrogens (tertiary/aromatic N) is 5. The van der Waals surface area contributed by atoms with Gasteiger partial charge in [0, 0.05) is 61.6 Å². The van der Waals surface area contributed by atoms with E-state index in [9.17, 15) is 27.6 Å². The van der Waals surface area contributed by atoms with Crippen LogP contribution < -0.4 is 15.8 Å². The van der Waals surface area contributed by atoms with Crippen LogP contribution >= 0.6 is 11.3 Å². The molecule has 10 nitrogen and oxygen atoms in total. The fraction of sp³-hybridized carbons (Fsp3) is 0.514. The molecule has 7 rings (SSSR count). The lowest BCUT2D eigenvalue weighted by atomic mass is 9.92. The SMILES string of the molecule is CC(C)C(=O)N1CCCC1.CCNc1nc(OC)nc2c(F)c(-c3ccc(F)c4sc(N)c(C#N)c34)c(C(F)(F)F)cc12.COC1CC2CCCN2C1. The molecule has 53 heavy (non-hydrogen) atoms. The number of amides is 1. The van der Waals surface area contributed by atoms with Crippen molar-refractivity contribution in [2.45, 2.75) is 71.2 Å². The minimum absolute atomic E-state index is 0.0444. The number of thiophene rings is 1. The Balaban J connectivity index is 0.000000217. The Morgan fingerprint density at radius 3 is 2.45 bits per heavy atom. The van der Waals surface area contributed by atoms with E-state index >= 15 is 4.39 Å². The van der Waals surface area contributed by atoms with Crippen LogP contribution in [0.1, 0.15) is 64.0 Å². The number of likely N-dealkylation sites (tertiary alicyclic amines) is 1. The van der Waals surface area contributed by atoms with E-state index in [4.69, 9.17) is 15.2 Å². The summed E-state index contributed by atoms with van der Waals surface area (Å²) in [5.41, 5.74) is 2.59. The number of nitrogen functional groups attached to an aromatic ring is 1. The molecule has 5 heterocycles. The third-order valence-electron chi connectivity index (χ3n) is 9.66. The molecule has 0 radical (unpaired) electrons. The molecule has 2 atom stereocenters. The van der Waals surface area contributed by atoms with Crippen LogP contribution in [0, 0.1) is 28.9 Å². The number of ether oxygens (including phenoxy) is 2. The van der Waals surface area contributed by atoms with E-state index in [1.54, 1.807) is 13.0 Å². The van der Waals surface area contributed by atoms with Crippen molar-refractivity contribution in [1.82, 2.24) is 19.8 Å². The largest absolute Gasteiger partial charge is 0.467 e. The fourth-order valence-corrected chi connectivity index (χ4v) is 8.06. The summed E-state index contributed by atoms with van der Waals surface area (Å²) in [6.07, 6.45) is 2.00. The van der Waals surface area contributed by atoms with Gasteiger partial charge >= 0.3 is 12.2 Å². The lowest BCUT2D eigenvalue weighted by Gasteiger charge is -2.18. The van der Waals surface area contributed by atoms with E-state index in [1.165, 1.54) is 52.3 Å². The summed E-state index contributed by atoms with van der Waals surface area (Å²) in [7, 11) is 3.06. The van der Waals surface area contributed by atoms with Crippen LogP contribution in [0.4, 0.5) is 32.8 Å². The maximum Gasteiger partial charge on any atom is 0.417 e. The number of halogens is 5. The van der Waals surface area contributed by atoms with Gasteiger partial charge in [0.25, 0.3) is 0 Å². The third kappa shape index (κ3) is 8.42. The standard InChI is InChI=1S/C21H14F5N5OS.2C8H15NO/c1-3-29-19-9-6-11(21(24,25)26)14(15(23)16(9)30-20(31-19)32-2)8-4-5-12(22)17-13(8)10(7-27)18(28)33-17;1-10-8-5-7-3-2-4-9(7)6-8;1-7(2)8(10)9-5-3-4-6-9/h4-6H,3,28H2,1-2H3,(H,29,30,31);7-8H,2-6H2,1H3;7H,3-6H2,1-2H3. The number of fused-ring (bicyclic) bond motifs is 3. The highest BCUT2D eigenvalue weighted by molar-refractivity contribution is 7.23. The molecule has 286 valence electrons. The molecular formula is C37H44F5N7O3S. The molecule has 3 saturated heterocycles. The number of aromatic nitrogens is 2. The van der Waals surface area contributed by atoms with Crippen LogP contribution in [0.5, 0.6) is 6.01 Å². The molecule has 3 N–H and O–H groups in total. The minimum Gasteiger partial charge on any atom is -0.467 e. The molecule has 3 aliphatic rings. The molecule has 4 aromatic rings. The molecule has 2 aromatic carbocycles. The van der Waals surface area contributed by atoms with Crippen LogP contribution in [0.3, 0.4) is 0 Å². The van der Waals surface area contributed by atoms with E-state index < -0.39 is 34.5 Å². The van der Waals surface area contributed by atoms with E-state index in [1.807, 2.05) is 25.9 Å². The van der Waals surface area contributed by atoms with Crippen LogP contribution in [-0.4, -0.2) is 84.8 Å². The number of carbonyl (C=O) groups is 1. The van der Waals surface area contributed by atoms with Crippen LogP contribution in [0.2, 0.25) is 0 Å². The summed E-state index contributed by atoms with van der Waals surface area (Å²) >= 11 is 0.698. The van der Waals surface area contributed by atoms with E-state index in [2.05, 4.69) is 20.2 Å². The molecule has 0 spiro atoms. The first-order chi connectivity index (χ1) is 25.2. The lowest BCUT2D eigenvalue weighted by molar-refractivity contribution is -0.137. The first-order valence-electron chi connectivity index (χ1n) is 17.6. The van der Waals surface area contributed by atoms with Crippen molar-refractivity contribution in [3.8, 4) is 23.2 Å². The zero-order chi connectivity index (χ0) is 38.6. The minimum atomic E-state index is -5.00. The zero-order valence-corrected chi connectivity index (χ0v) is 31.2. The Kier molecular flexibility index (Phi) is 12.6. The van der Waals surface area contributed by atoms with Gasteiger partial charge in [-0.15, -0.1) is 11.3 Å². The molecule has 1 amide bonds. The average Bonchev–Trinajstić information content (AvgIpc) is 3.94.